The van der Waals surface area contributed by atoms with Crippen molar-refractivity contribution in [3.63, 3.8) is 0 Å². The van der Waals surface area contributed by atoms with Crippen LogP contribution in [0.5, 0.6) is 0 Å². The van der Waals surface area contributed by atoms with Gasteiger partial charge in [-0.25, -0.2) is 13.8 Å². The second-order valence-electron chi connectivity index (χ2n) is 5.04. The Morgan fingerprint density at radius 2 is 2.10 bits per heavy atom. The van der Waals surface area contributed by atoms with E-state index in [1.807, 2.05) is 25.3 Å². The van der Waals surface area contributed by atoms with Crippen molar-refractivity contribution in [1.29, 1.82) is 0 Å². The van der Waals surface area contributed by atoms with E-state index in [1.165, 1.54) is 13.1 Å². The summed E-state index contributed by atoms with van der Waals surface area (Å²) in [5.74, 6) is -0.486. The molecule has 0 radical (unpaired) electrons. The largest absolute Gasteiger partial charge is 0.402 e. The fourth-order valence-electron chi connectivity index (χ4n) is 2.51. The van der Waals surface area contributed by atoms with Crippen LogP contribution in [0.2, 0.25) is 0 Å². The number of aliphatic imine (C=N–C) groups is 1. The van der Waals surface area contributed by atoms with Gasteiger partial charge >= 0.3 is 0 Å². The zero-order chi connectivity index (χ0) is 15.7. The van der Waals surface area contributed by atoms with Crippen LogP contribution in [-0.4, -0.2) is 22.3 Å². The molecule has 21 heavy (non-hydrogen) atoms. The topological polar surface area (TPSA) is 56.2 Å². The molecule has 0 aliphatic heterocycles. The van der Waals surface area contributed by atoms with Crippen LogP contribution in [0.3, 0.4) is 0 Å². The molecule has 0 saturated carbocycles. The van der Waals surface area contributed by atoms with E-state index in [0.29, 0.717) is 16.9 Å². The molecule has 6 heteroatoms. The number of hydrogen-bond donors (Lipinski definition) is 1. The number of nitrogens with two attached hydrogens (primary N) is 1. The second kappa shape index (κ2) is 5.63. The Labute approximate surface area is 122 Å². The van der Waals surface area contributed by atoms with Gasteiger partial charge in [0.05, 0.1) is 5.52 Å². The third-order valence-electron chi connectivity index (χ3n) is 3.31. The maximum Gasteiger partial charge on any atom is 0.164 e. The Kier molecular flexibility index (Phi) is 4.06. The monoisotopic (exact) mass is 292 g/mol. The Bertz CT molecular complexity index is 742. The highest BCUT2D eigenvalue weighted by molar-refractivity contribution is 6.12. The summed E-state index contributed by atoms with van der Waals surface area (Å²) in [6.45, 7) is 5.77. The Morgan fingerprint density at radius 1 is 1.43 bits per heavy atom. The molecule has 0 atom stereocenters. The van der Waals surface area contributed by atoms with E-state index in [0.717, 1.165) is 6.20 Å². The zero-order valence-corrected chi connectivity index (χ0v) is 12.5. The van der Waals surface area contributed by atoms with Crippen LogP contribution in [0.4, 0.5) is 8.78 Å². The van der Waals surface area contributed by atoms with Crippen molar-refractivity contribution >= 4 is 16.7 Å². The lowest BCUT2D eigenvalue weighted by atomic mass is 10.1. The molecule has 2 rings (SSSR count). The molecule has 0 aliphatic rings. The molecule has 2 N–H and O–H groups in total. The molecule has 1 aromatic carbocycles. The fraction of sp³-hybridized carbons (Fsp3) is 0.333. The molecule has 0 saturated heterocycles. The molecule has 1 heterocycles. The van der Waals surface area contributed by atoms with Crippen LogP contribution >= 0.6 is 0 Å². The predicted octanol–water partition coefficient (Wildman–Crippen LogP) is 3.25. The van der Waals surface area contributed by atoms with Gasteiger partial charge in [-0.05, 0) is 32.9 Å². The van der Waals surface area contributed by atoms with Crippen molar-refractivity contribution in [3.8, 4) is 0 Å². The van der Waals surface area contributed by atoms with Gasteiger partial charge in [0.1, 0.15) is 17.1 Å². The highest BCUT2D eigenvalue weighted by Gasteiger charge is 2.18. The Morgan fingerprint density at radius 3 is 2.62 bits per heavy atom. The smallest absolute Gasteiger partial charge is 0.164 e. The number of hydrogen-bond acceptors (Lipinski definition) is 3. The number of imidazole rings is 1. The van der Waals surface area contributed by atoms with Gasteiger partial charge in [-0.2, -0.15) is 0 Å². The molecule has 1 aromatic heterocycles. The first kappa shape index (κ1) is 15.2. The van der Waals surface area contributed by atoms with Gasteiger partial charge in [0.15, 0.2) is 11.6 Å². The van der Waals surface area contributed by atoms with Crippen molar-refractivity contribution in [2.75, 3.05) is 7.05 Å². The molecule has 0 bridgehead atoms. The summed E-state index contributed by atoms with van der Waals surface area (Å²) < 4.78 is 29.9. The molecule has 112 valence electrons. The second-order valence-corrected chi connectivity index (χ2v) is 5.04. The molecule has 0 spiro atoms. The lowest BCUT2D eigenvalue weighted by molar-refractivity contribution is 0.600. The molecule has 0 aliphatic carbocycles. The average molecular weight is 292 g/mol. The highest BCUT2D eigenvalue weighted by Crippen LogP contribution is 2.26. The number of allylic oxidation sites excluding steroid dienone is 1. The first-order chi connectivity index (χ1) is 9.90. The maximum atomic E-state index is 14.3. The van der Waals surface area contributed by atoms with Gasteiger partial charge in [0, 0.05) is 24.9 Å². The summed E-state index contributed by atoms with van der Waals surface area (Å²) in [6, 6.07) is 3.02. The summed E-state index contributed by atoms with van der Waals surface area (Å²) in [7, 11) is 1.44. The van der Waals surface area contributed by atoms with Crippen molar-refractivity contribution in [3.05, 3.63) is 41.4 Å². The van der Waals surface area contributed by atoms with Crippen LogP contribution in [0.1, 0.15) is 31.3 Å². The van der Waals surface area contributed by atoms with Gasteiger partial charge in [-0.3, -0.25) is 4.99 Å². The van der Waals surface area contributed by atoms with Crippen LogP contribution in [0.15, 0.2) is 29.2 Å². The number of aromatic nitrogens is 2. The van der Waals surface area contributed by atoms with Crippen molar-refractivity contribution < 1.29 is 8.78 Å². The Balaban J connectivity index is 2.77. The fourth-order valence-corrected chi connectivity index (χ4v) is 2.51. The van der Waals surface area contributed by atoms with Crippen LogP contribution in [0.25, 0.3) is 11.0 Å². The number of nitrogens with zero attached hydrogens (tertiary/aromatic N) is 3. The highest BCUT2D eigenvalue weighted by atomic mass is 19.1. The van der Waals surface area contributed by atoms with Crippen LogP contribution in [-0.2, 0) is 0 Å². The SMILES string of the molecule is CN=C(/C(F)=C\N)c1cc(F)c2nc(C)n(C(C)C)c2c1. The summed E-state index contributed by atoms with van der Waals surface area (Å²) in [5, 5.41) is 0. The third-order valence-corrected chi connectivity index (χ3v) is 3.31. The maximum absolute atomic E-state index is 14.3. The molecule has 2 aromatic rings. The third kappa shape index (κ3) is 2.53. The van der Waals surface area contributed by atoms with E-state index in [9.17, 15) is 8.78 Å². The van der Waals surface area contributed by atoms with E-state index in [4.69, 9.17) is 5.73 Å². The number of benzene rings is 1. The lowest BCUT2D eigenvalue weighted by Gasteiger charge is -2.12. The molecule has 4 nitrogen and oxygen atoms in total. The van der Waals surface area contributed by atoms with Gasteiger partial charge < -0.3 is 10.3 Å². The minimum atomic E-state index is -0.691. The van der Waals surface area contributed by atoms with Crippen molar-refractivity contribution in [1.82, 2.24) is 9.55 Å². The van der Waals surface area contributed by atoms with Gasteiger partial charge in [-0.1, -0.05) is 0 Å². The quantitative estimate of drug-likeness (QED) is 0.883. The molecular weight excluding hydrogens is 274 g/mol. The normalized spacial score (nSPS) is 13.5. The van der Waals surface area contributed by atoms with Crippen LogP contribution in [0, 0.1) is 12.7 Å². The van der Waals surface area contributed by atoms with Crippen LogP contribution < -0.4 is 5.73 Å². The number of fused-ring (bicyclic) bond motifs is 1. The number of halogens is 2. The standard InChI is InChI=1S/C15H18F2N4/c1-8(2)21-9(3)20-15-11(16)5-10(6-13(15)21)14(19-4)12(17)7-18/h5-8H,18H2,1-4H3/b12-7+,19-14?. The summed E-state index contributed by atoms with van der Waals surface area (Å²) in [5.41, 5.74) is 6.44. The first-order valence-corrected chi connectivity index (χ1v) is 6.63. The minimum absolute atomic E-state index is 0.0208. The van der Waals surface area contributed by atoms with Gasteiger partial charge in [-0.15, -0.1) is 0 Å². The number of rotatable bonds is 3. The zero-order valence-electron chi connectivity index (χ0n) is 12.5. The lowest BCUT2D eigenvalue weighted by Crippen LogP contribution is -2.07. The van der Waals surface area contributed by atoms with Crippen molar-refractivity contribution in [2.45, 2.75) is 26.8 Å². The summed E-state index contributed by atoms with van der Waals surface area (Å²) in [4.78, 5) is 8.10. The van der Waals surface area contributed by atoms with Crippen molar-refractivity contribution in [2.24, 2.45) is 10.7 Å². The summed E-state index contributed by atoms with van der Waals surface area (Å²) >= 11 is 0. The van der Waals surface area contributed by atoms with E-state index in [-0.39, 0.29) is 17.3 Å². The average Bonchev–Trinajstić information content (AvgIpc) is 2.76. The first-order valence-electron chi connectivity index (χ1n) is 6.63. The molecular formula is C15H18F2N4. The van der Waals surface area contributed by atoms with E-state index < -0.39 is 11.6 Å². The number of aryl methyl sites for hydroxylation is 1. The van der Waals surface area contributed by atoms with E-state index in [2.05, 4.69) is 9.98 Å². The predicted molar refractivity (Wildman–Crippen MR) is 80.7 cm³/mol. The van der Waals surface area contributed by atoms with E-state index >= 15 is 0 Å². The summed E-state index contributed by atoms with van der Waals surface area (Å²) in [6.07, 6.45) is 0.815. The molecule has 0 amide bonds. The molecule has 0 fully saturated rings. The van der Waals surface area contributed by atoms with E-state index in [1.54, 1.807) is 6.07 Å². The Hall–Kier alpha value is -2.24. The molecule has 0 unspecified atom stereocenters. The van der Waals surface area contributed by atoms with Gasteiger partial charge in [0.2, 0.25) is 0 Å². The minimum Gasteiger partial charge on any atom is -0.402 e. The van der Waals surface area contributed by atoms with Gasteiger partial charge in [0.25, 0.3) is 0 Å².